The number of carbonyl (C=O) groups is 2. The average molecular weight is 562 g/mol. The van der Waals surface area contributed by atoms with E-state index in [9.17, 15) is 14.0 Å². The molecule has 3 aromatic heterocycles. The van der Waals surface area contributed by atoms with Crippen molar-refractivity contribution in [3.63, 3.8) is 0 Å². The molecule has 12 heteroatoms. The van der Waals surface area contributed by atoms with Gasteiger partial charge in [-0.25, -0.2) is 19.8 Å². The van der Waals surface area contributed by atoms with Crippen molar-refractivity contribution in [2.45, 2.75) is 38.6 Å². The molecule has 5 rings (SSSR count). The van der Waals surface area contributed by atoms with E-state index in [2.05, 4.69) is 25.7 Å². The standard InChI is InChI=1S/C28H28FN7O3S/c29-20-7-5-6-18(12-20)16-36-23-10-9-21(13-19(23)15-33-36)34-26-22-14-24(40-28(22)32-17-31-26)27(38)30-11-4-2-1-3-8-25(37)35-39/h5-7,9-10,12-15,17,39H,1-4,8,11,16H2,(H,30,38)(H,35,37)(H,31,32,34). The number of thiophene rings is 1. The molecule has 5 aromatic rings. The predicted molar refractivity (Wildman–Crippen MR) is 151 cm³/mol. The third-order valence-electron chi connectivity index (χ3n) is 6.42. The van der Waals surface area contributed by atoms with Crippen LogP contribution in [0.5, 0.6) is 0 Å². The average Bonchev–Trinajstić information content (AvgIpc) is 3.57. The van der Waals surface area contributed by atoms with Crippen LogP contribution in [0, 0.1) is 5.82 Å². The number of benzene rings is 2. The second-order valence-electron chi connectivity index (χ2n) is 9.34. The Labute approximate surface area is 233 Å². The highest BCUT2D eigenvalue weighted by Gasteiger charge is 2.15. The summed E-state index contributed by atoms with van der Waals surface area (Å²) in [6.07, 6.45) is 6.73. The minimum absolute atomic E-state index is 0.166. The zero-order valence-corrected chi connectivity index (χ0v) is 22.4. The van der Waals surface area contributed by atoms with Gasteiger partial charge in [-0.3, -0.25) is 19.5 Å². The van der Waals surface area contributed by atoms with Crippen LogP contribution >= 0.6 is 11.3 Å². The van der Waals surface area contributed by atoms with Gasteiger partial charge in [0.15, 0.2) is 0 Å². The molecule has 2 aromatic carbocycles. The number of anilines is 2. The number of carbonyl (C=O) groups excluding carboxylic acids is 2. The fourth-order valence-electron chi connectivity index (χ4n) is 4.41. The molecule has 0 fully saturated rings. The number of hydroxylamine groups is 1. The number of hydrogen-bond acceptors (Lipinski definition) is 8. The maximum atomic E-state index is 13.6. The quantitative estimate of drug-likeness (QED) is 0.0939. The van der Waals surface area contributed by atoms with E-state index in [1.807, 2.05) is 28.9 Å². The Morgan fingerprint density at radius 1 is 1.02 bits per heavy atom. The number of hydrogen-bond donors (Lipinski definition) is 4. The van der Waals surface area contributed by atoms with Crippen LogP contribution in [0.15, 0.2) is 61.1 Å². The first-order valence-corrected chi connectivity index (χ1v) is 13.7. The van der Waals surface area contributed by atoms with Gasteiger partial charge in [0.2, 0.25) is 5.91 Å². The van der Waals surface area contributed by atoms with Crippen molar-refractivity contribution in [1.29, 1.82) is 0 Å². The summed E-state index contributed by atoms with van der Waals surface area (Å²) in [5.41, 5.74) is 4.19. The smallest absolute Gasteiger partial charge is 0.261 e. The summed E-state index contributed by atoms with van der Waals surface area (Å²) < 4.78 is 15.4. The lowest BCUT2D eigenvalue weighted by molar-refractivity contribution is -0.129. The Kier molecular flexibility index (Phi) is 8.57. The van der Waals surface area contributed by atoms with Crippen LogP contribution in [0.2, 0.25) is 0 Å². The molecule has 0 spiro atoms. The number of unbranched alkanes of at least 4 members (excludes halogenated alkanes) is 3. The number of aromatic nitrogens is 4. The Morgan fingerprint density at radius 3 is 2.75 bits per heavy atom. The Morgan fingerprint density at radius 2 is 1.90 bits per heavy atom. The summed E-state index contributed by atoms with van der Waals surface area (Å²) in [4.78, 5) is 33.7. The van der Waals surface area contributed by atoms with Crippen LogP contribution < -0.4 is 16.1 Å². The first kappa shape index (κ1) is 27.2. The lowest BCUT2D eigenvalue weighted by atomic mass is 10.1. The lowest BCUT2D eigenvalue weighted by Crippen LogP contribution is -2.23. The normalized spacial score (nSPS) is 11.2. The maximum absolute atomic E-state index is 13.6. The van der Waals surface area contributed by atoms with Crippen LogP contribution in [0.3, 0.4) is 0 Å². The molecule has 0 aliphatic rings. The number of halogens is 1. The third-order valence-corrected chi connectivity index (χ3v) is 7.46. The van der Waals surface area contributed by atoms with Gasteiger partial charge in [-0.15, -0.1) is 11.3 Å². The molecule has 0 saturated carbocycles. The molecule has 0 radical (unpaired) electrons. The van der Waals surface area contributed by atoms with Gasteiger partial charge < -0.3 is 10.6 Å². The summed E-state index contributed by atoms with van der Waals surface area (Å²) in [6.45, 7) is 0.993. The van der Waals surface area contributed by atoms with Gasteiger partial charge in [-0.05, 0) is 54.8 Å². The third kappa shape index (κ3) is 6.58. The van der Waals surface area contributed by atoms with E-state index < -0.39 is 0 Å². The second kappa shape index (κ2) is 12.6. The van der Waals surface area contributed by atoms with Gasteiger partial charge in [0.25, 0.3) is 5.91 Å². The number of amides is 2. The highest BCUT2D eigenvalue weighted by atomic mass is 32.1. The van der Waals surface area contributed by atoms with E-state index >= 15 is 0 Å². The number of nitrogens with zero attached hydrogens (tertiary/aromatic N) is 4. The Hall–Kier alpha value is -4.42. The first-order chi connectivity index (χ1) is 19.5. The topological polar surface area (TPSA) is 134 Å². The van der Waals surface area contributed by atoms with Crippen molar-refractivity contribution in [2.24, 2.45) is 0 Å². The van der Waals surface area contributed by atoms with E-state index in [0.29, 0.717) is 35.0 Å². The van der Waals surface area contributed by atoms with Gasteiger partial charge in [-0.2, -0.15) is 5.10 Å². The SMILES string of the molecule is O=C(CCCCCCNC(=O)c1cc2c(Nc3ccc4c(cnn4Cc4cccc(F)c4)c3)ncnc2s1)NO. The summed E-state index contributed by atoms with van der Waals surface area (Å²) in [5.74, 6) is -0.228. The molecule has 0 unspecified atom stereocenters. The second-order valence-corrected chi connectivity index (χ2v) is 10.4. The summed E-state index contributed by atoms with van der Waals surface area (Å²) >= 11 is 1.30. The van der Waals surface area contributed by atoms with Crippen LogP contribution in [0.25, 0.3) is 21.1 Å². The van der Waals surface area contributed by atoms with Crippen LogP contribution in [0.1, 0.15) is 47.3 Å². The van der Waals surface area contributed by atoms with E-state index in [-0.39, 0.29) is 24.1 Å². The largest absolute Gasteiger partial charge is 0.351 e. The molecule has 206 valence electrons. The van der Waals surface area contributed by atoms with Gasteiger partial charge in [0.05, 0.1) is 28.5 Å². The molecule has 2 amide bonds. The van der Waals surface area contributed by atoms with Crippen molar-refractivity contribution in [2.75, 3.05) is 11.9 Å². The zero-order valence-electron chi connectivity index (χ0n) is 21.6. The van der Waals surface area contributed by atoms with Gasteiger partial charge in [-0.1, -0.05) is 25.0 Å². The van der Waals surface area contributed by atoms with Crippen LogP contribution in [-0.2, 0) is 11.3 Å². The van der Waals surface area contributed by atoms with Gasteiger partial charge in [0.1, 0.15) is 22.8 Å². The van der Waals surface area contributed by atoms with Crippen molar-refractivity contribution >= 4 is 55.8 Å². The first-order valence-electron chi connectivity index (χ1n) is 12.9. The Balaban J connectivity index is 1.21. The highest BCUT2D eigenvalue weighted by molar-refractivity contribution is 7.20. The molecule has 4 N–H and O–H groups in total. The van der Waals surface area contributed by atoms with E-state index in [1.54, 1.807) is 23.8 Å². The van der Waals surface area contributed by atoms with E-state index in [0.717, 1.165) is 46.8 Å². The van der Waals surface area contributed by atoms with Crippen molar-refractivity contribution in [1.82, 2.24) is 30.5 Å². The minimum atomic E-state index is -0.385. The molecule has 0 saturated heterocycles. The minimum Gasteiger partial charge on any atom is -0.351 e. The van der Waals surface area contributed by atoms with Crippen LogP contribution in [-0.4, -0.2) is 43.3 Å². The maximum Gasteiger partial charge on any atom is 0.261 e. The van der Waals surface area contributed by atoms with Crippen molar-refractivity contribution < 1.29 is 19.2 Å². The fourth-order valence-corrected chi connectivity index (χ4v) is 5.33. The molecule has 0 atom stereocenters. The monoisotopic (exact) mass is 561 g/mol. The number of rotatable bonds is 12. The predicted octanol–water partition coefficient (Wildman–Crippen LogP) is 5.16. The van der Waals surface area contributed by atoms with Crippen molar-refractivity contribution in [3.8, 4) is 0 Å². The fraction of sp³-hybridized carbons (Fsp3) is 0.250. The molecule has 0 aliphatic carbocycles. The lowest BCUT2D eigenvalue weighted by Gasteiger charge is -2.08. The molecule has 3 heterocycles. The summed E-state index contributed by atoms with van der Waals surface area (Å²) in [6, 6.07) is 14.1. The molecule has 0 bridgehead atoms. The zero-order chi connectivity index (χ0) is 27.9. The number of nitrogens with one attached hydrogen (secondary N) is 3. The molecule has 10 nitrogen and oxygen atoms in total. The molecule has 0 aliphatic heterocycles. The summed E-state index contributed by atoms with van der Waals surface area (Å²) in [7, 11) is 0. The van der Waals surface area contributed by atoms with Crippen molar-refractivity contribution in [3.05, 3.63) is 77.3 Å². The number of fused-ring (bicyclic) bond motifs is 2. The van der Waals surface area contributed by atoms with E-state index in [1.165, 1.54) is 29.8 Å². The Bertz CT molecular complexity index is 1650. The van der Waals surface area contributed by atoms with Crippen LogP contribution in [0.4, 0.5) is 15.9 Å². The van der Waals surface area contributed by atoms with Gasteiger partial charge in [0, 0.05) is 24.0 Å². The molecular formula is C28H28FN7O3S. The van der Waals surface area contributed by atoms with Gasteiger partial charge >= 0.3 is 0 Å². The molecule has 40 heavy (non-hydrogen) atoms. The van der Waals surface area contributed by atoms with E-state index in [4.69, 9.17) is 5.21 Å². The molecular weight excluding hydrogens is 533 g/mol. The highest BCUT2D eigenvalue weighted by Crippen LogP contribution is 2.31. The summed E-state index contributed by atoms with van der Waals surface area (Å²) in [5, 5.41) is 20.9.